The molecule has 3 rings (SSSR count). The summed E-state index contributed by atoms with van der Waals surface area (Å²) >= 11 is 0. The third-order valence-corrected chi connectivity index (χ3v) is 4.44. The summed E-state index contributed by atoms with van der Waals surface area (Å²) in [4.78, 5) is 12.2. The Kier molecular flexibility index (Phi) is 4.73. The van der Waals surface area contributed by atoms with Crippen LogP contribution in [0.4, 0.5) is 0 Å². The molecule has 1 fully saturated rings. The van der Waals surface area contributed by atoms with E-state index >= 15 is 0 Å². The van der Waals surface area contributed by atoms with Crippen LogP contribution in [0.1, 0.15) is 43.1 Å². The first kappa shape index (κ1) is 15.0. The molecule has 5 nitrogen and oxygen atoms in total. The molecule has 2 N–H and O–H groups in total. The van der Waals surface area contributed by atoms with Crippen molar-refractivity contribution in [1.82, 2.24) is 15.5 Å². The smallest absolute Gasteiger partial charge is 0.272 e. The number of aromatic amines is 1. The lowest BCUT2D eigenvalue weighted by atomic mass is 9.88. The fraction of sp³-hybridized carbons (Fsp3) is 0.529. The first-order valence-corrected chi connectivity index (χ1v) is 8.08. The minimum Gasteiger partial charge on any atom is -0.376 e. The summed E-state index contributed by atoms with van der Waals surface area (Å²) in [6, 6.07) is 7.63. The molecule has 0 bridgehead atoms. The van der Waals surface area contributed by atoms with Gasteiger partial charge in [-0.25, -0.2) is 0 Å². The van der Waals surface area contributed by atoms with Crippen LogP contribution in [0.2, 0.25) is 0 Å². The zero-order valence-electron chi connectivity index (χ0n) is 13.0. The van der Waals surface area contributed by atoms with Gasteiger partial charge in [0.05, 0.1) is 18.2 Å². The lowest BCUT2D eigenvalue weighted by molar-refractivity contribution is -0.00294. The summed E-state index contributed by atoms with van der Waals surface area (Å²) in [5, 5.41) is 10.7. The van der Waals surface area contributed by atoms with Crippen molar-refractivity contribution in [3.05, 3.63) is 30.0 Å². The zero-order valence-corrected chi connectivity index (χ0v) is 13.0. The maximum Gasteiger partial charge on any atom is 0.272 e. The van der Waals surface area contributed by atoms with Gasteiger partial charge in [0.15, 0.2) is 5.69 Å². The van der Waals surface area contributed by atoms with Crippen molar-refractivity contribution < 1.29 is 9.53 Å². The number of carbonyl (C=O) groups is 1. The molecule has 0 aliphatic heterocycles. The average Bonchev–Trinajstić information content (AvgIpc) is 2.97. The molecule has 0 saturated heterocycles. The van der Waals surface area contributed by atoms with Crippen molar-refractivity contribution in [3.8, 4) is 0 Å². The first-order valence-electron chi connectivity index (χ1n) is 8.08. The van der Waals surface area contributed by atoms with Crippen molar-refractivity contribution in [3.63, 3.8) is 0 Å². The molecule has 118 valence electrons. The van der Waals surface area contributed by atoms with E-state index in [1.54, 1.807) is 0 Å². The van der Waals surface area contributed by atoms with Crippen LogP contribution in [0.25, 0.3) is 10.9 Å². The highest BCUT2D eigenvalue weighted by Crippen LogP contribution is 2.26. The minimum atomic E-state index is -0.155. The van der Waals surface area contributed by atoms with Crippen LogP contribution in [0.3, 0.4) is 0 Å². The molecule has 1 amide bonds. The number of ether oxygens (including phenoxy) is 1. The molecule has 22 heavy (non-hydrogen) atoms. The number of amides is 1. The topological polar surface area (TPSA) is 67.0 Å². The highest BCUT2D eigenvalue weighted by atomic mass is 16.5. The van der Waals surface area contributed by atoms with Crippen molar-refractivity contribution in [2.24, 2.45) is 5.92 Å². The number of hydrogen-bond acceptors (Lipinski definition) is 3. The lowest BCUT2D eigenvalue weighted by Crippen LogP contribution is -2.32. The van der Waals surface area contributed by atoms with Crippen molar-refractivity contribution >= 4 is 16.8 Å². The van der Waals surface area contributed by atoms with Gasteiger partial charge >= 0.3 is 0 Å². The van der Waals surface area contributed by atoms with Crippen LogP contribution in [0.15, 0.2) is 24.3 Å². The van der Waals surface area contributed by atoms with E-state index in [1.807, 2.05) is 24.3 Å². The number of H-pyrrole nitrogens is 1. The van der Waals surface area contributed by atoms with Gasteiger partial charge in [-0.2, -0.15) is 5.10 Å². The Morgan fingerprint density at radius 3 is 3.05 bits per heavy atom. The van der Waals surface area contributed by atoms with Gasteiger partial charge in [-0.3, -0.25) is 9.89 Å². The largest absolute Gasteiger partial charge is 0.376 e. The molecular formula is C17H23N3O2. The van der Waals surface area contributed by atoms with Gasteiger partial charge in [-0.15, -0.1) is 0 Å². The predicted molar refractivity (Wildman–Crippen MR) is 85.8 cm³/mol. The van der Waals surface area contributed by atoms with E-state index in [2.05, 4.69) is 22.4 Å². The van der Waals surface area contributed by atoms with Gasteiger partial charge < -0.3 is 10.1 Å². The molecule has 1 aliphatic carbocycles. The minimum absolute atomic E-state index is 0.155. The number of benzene rings is 1. The van der Waals surface area contributed by atoms with Crippen molar-refractivity contribution in [2.75, 3.05) is 13.2 Å². The normalized spacial score (nSPS) is 21.9. The van der Waals surface area contributed by atoms with Gasteiger partial charge in [-0.05, 0) is 24.8 Å². The number of nitrogens with one attached hydrogen (secondary N) is 2. The Morgan fingerprint density at radius 1 is 1.36 bits per heavy atom. The Morgan fingerprint density at radius 2 is 2.18 bits per heavy atom. The molecule has 1 aromatic heterocycles. The summed E-state index contributed by atoms with van der Waals surface area (Å²) in [6.07, 6.45) is 5.29. The van der Waals surface area contributed by atoms with Gasteiger partial charge in [-0.1, -0.05) is 38.0 Å². The van der Waals surface area contributed by atoms with Crippen LogP contribution in [-0.2, 0) is 4.74 Å². The van der Waals surface area contributed by atoms with Gasteiger partial charge in [0.1, 0.15) is 0 Å². The van der Waals surface area contributed by atoms with Crippen LogP contribution >= 0.6 is 0 Å². The summed E-state index contributed by atoms with van der Waals surface area (Å²) in [5.41, 5.74) is 1.32. The predicted octanol–water partition coefficient (Wildman–Crippen LogP) is 2.89. The van der Waals surface area contributed by atoms with Crippen LogP contribution in [-0.4, -0.2) is 35.4 Å². The second-order valence-corrected chi connectivity index (χ2v) is 6.04. The molecule has 0 spiro atoms. The zero-order chi connectivity index (χ0) is 15.4. The number of hydrogen-bond donors (Lipinski definition) is 2. The van der Waals surface area contributed by atoms with E-state index in [-0.39, 0.29) is 5.91 Å². The van der Waals surface area contributed by atoms with E-state index in [4.69, 9.17) is 4.74 Å². The summed E-state index contributed by atoms with van der Waals surface area (Å²) in [7, 11) is 0. The molecule has 2 unspecified atom stereocenters. The van der Waals surface area contributed by atoms with Crippen molar-refractivity contribution in [2.45, 2.75) is 38.7 Å². The second-order valence-electron chi connectivity index (χ2n) is 6.04. The number of rotatable bonds is 5. The average molecular weight is 301 g/mol. The Bertz CT molecular complexity index is 638. The van der Waals surface area contributed by atoms with Gasteiger partial charge in [0.2, 0.25) is 0 Å². The maximum absolute atomic E-state index is 12.2. The molecule has 2 aromatic rings. The third-order valence-electron chi connectivity index (χ3n) is 4.44. The third kappa shape index (κ3) is 3.30. The standard InChI is InChI=1S/C17H23N3O2/c1-12-6-2-5-9-15(12)22-11-10-18-17(21)16-13-7-3-4-8-14(13)19-20-16/h3-4,7-8,12,15H,2,5-6,9-11H2,1H3,(H,18,21)(H,19,20). The van der Waals surface area contributed by atoms with Gasteiger partial charge in [0.25, 0.3) is 5.91 Å². The SMILES string of the molecule is CC1CCCCC1OCCNC(=O)c1n[nH]c2ccccc12. The number of carbonyl (C=O) groups excluding carboxylic acids is 1. The fourth-order valence-electron chi connectivity index (χ4n) is 3.12. The number of nitrogens with zero attached hydrogens (tertiary/aromatic N) is 1. The van der Waals surface area contributed by atoms with E-state index in [9.17, 15) is 4.79 Å². The molecular weight excluding hydrogens is 278 g/mol. The summed E-state index contributed by atoms with van der Waals surface area (Å²) in [6.45, 7) is 3.32. The second kappa shape index (κ2) is 6.92. The Hall–Kier alpha value is -1.88. The monoisotopic (exact) mass is 301 g/mol. The molecule has 1 aliphatic rings. The summed E-state index contributed by atoms with van der Waals surface area (Å²) < 4.78 is 5.91. The lowest BCUT2D eigenvalue weighted by Gasteiger charge is -2.28. The van der Waals surface area contributed by atoms with E-state index < -0.39 is 0 Å². The van der Waals surface area contributed by atoms with Gasteiger partial charge in [0, 0.05) is 11.9 Å². The van der Waals surface area contributed by atoms with Crippen LogP contribution in [0.5, 0.6) is 0 Å². The Balaban J connectivity index is 1.48. The Labute approximate surface area is 130 Å². The fourth-order valence-corrected chi connectivity index (χ4v) is 3.12. The molecule has 0 radical (unpaired) electrons. The van der Waals surface area contributed by atoms with Crippen LogP contribution < -0.4 is 5.32 Å². The molecule has 1 saturated carbocycles. The highest BCUT2D eigenvalue weighted by molar-refractivity contribution is 6.04. The van der Waals surface area contributed by atoms with E-state index in [0.717, 1.165) is 17.3 Å². The molecule has 1 aromatic carbocycles. The number of aromatic nitrogens is 2. The first-order chi connectivity index (χ1) is 10.8. The van der Waals surface area contributed by atoms with Crippen molar-refractivity contribution in [1.29, 1.82) is 0 Å². The quantitative estimate of drug-likeness (QED) is 0.834. The molecule has 2 atom stereocenters. The number of fused-ring (bicyclic) bond motifs is 1. The highest BCUT2D eigenvalue weighted by Gasteiger charge is 2.21. The summed E-state index contributed by atoms with van der Waals surface area (Å²) in [5.74, 6) is 0.470. The van der Waals surface area contributed by atoms with Crippen LogP contribution in [0, 0.1) is 5.92 Å². The number of para-hydroxylation sites is 1. The maximum atomic E-state index is 12.2. The van der Waals surface area contributed by atoms with E-state index in [0.29, 0.717) is 30.9 Å². The molecule has 5 heteroatoms. The van der Waals surface area contributed by atoms with E-state index in [1.165, 1.54) is 19.3 Å². The molecule has 1 heterocycles.